The van der Waals surface area contributed by atoms with Gasteiger partial charge in [0, 0.05) is 23.2 Å². The molecule has 0 bridgehead atoms. The van der Waals surface area contributed by atoms with Crippen molar-refractivity contribution in [2.75, 3.05) is 21.3 Å². The molecule has 0 radical (unpaired) electrons. The fourth-order valence-electron chi connectivity index (χ4n) is 2.34. The second kappa shape index (κ2) is 9.46. The van der Waals surface area contributed by atoms with Crippen molar-refractivity contribution in [2.45, 2.75) is 12.5 Å². The number of ether oxygens (including phenoxy) is 3. The molecule has 0 aliphatic heterocycles. The summed E-state index contributed by atoms with van der Waals surface area (Å²) in [6.07, 6.45) is 1.88. The van der Waals surface area contributed by atoms with Crippen molar-refractivity contribution in [1.29, 1.82) is 0 Å². The van der Waals surface area contributed by atoms with Crippen LogP contribution < -0.4 is 9.47 Å². The van der Waals surface area contributed by atoms with Gasteiger partial charge < -0.3 is 14.2 Å². The summed E-state index contributed by atoms with van der Waals surface area (Å²) in [7, 11) is 4.45. The number of nitrogens with zero attached hydrogens (tertiary/aromatic N) is 1. The maximum atomic E-state index is 12.1. The maximum absolute atomic E-state index is 12.1. The standard InChI is InChI=1S/C19H19Cl2NO4/c1-24-17-7-4-12(9-18(17)25-2)8-16(19(23)26-3)22-11-13-5-6-14(20)10-15(13)21/h4-7,9-11,16H,8H2,1-3H3. The van der Waals surface area contributed by atoms with E-state index in [9.17, 15) is 4.79 Å². The van der Waals surface area contributed by atoms with Gasteiger partial charge in [-0.15, -0.1) is 0 Å². The Morgan fingerprint density at radius 3 is 2.42 bits per heavy atom. The summed E-state index contributed by atoms with van der Waals surface area (Å²) >= 11 is 12.0. The lowest BCUT2D eigenvalue weighted by Crippen LogP contribution is -2.23. The van der Waals surface area contributed by atoms with Crippen LogP contribution in [0.1, 0.15) is 11.1 Å². The van der Waals surface area contributed by atoms with Crippen LogP contribution in [0.15, 0.2) is 41.4 Å². The lowest BCUT2D eigenvalue weighted by atomic mass is 10.1. The first-order valence-electron chi connectivity index (χ1n) is 7.75. The summed E-state index contributed by atoms with van der Waals surface area (Å²) in [4.78, 5) is 16.5. The molecule has 0 N–H and O–H groups in total. The van der Waals surface area contributed by atoms with Gasteiger partial charge in [-0.25, -0.2) is 4.79 Å². The third-order valence-corrected chi connectivity index (χ3v) is 4.27. The van der Waals surface area contributed by atoms with Gasteiger partial charge in [0.25, 0.3) is 0 Å². The van der Waals surface area contributed by atoms with Crippen LogP contribution in [0.3, 0.4) is 0 Å². The van der Waals surface area contributed by atoms with Crippen molar-refractivity contribution >= 4 is 35.4 Å². The fourth-order valence-corrected chi connectivity index (χ4v) is 2.80. The minimum atomic E-state index is -0.718. The van der Waals surface area contributed by atoms with Gasteiger partial charge in [0.15, 0.2) is 17.5 Å². The molecule has 0 saturated heterocycles. The van der Waals surface area contributed by atoms with Crippen molar-refractivity contribution < 1.29 is 19.0 Å². The van der Waals surface area contributed by atoms with Crippen LogP contribution in [-0.2, 0) is 16.0 Å². The number of aliphatic imine (C=N–C) groups is 1. The Balaban J connectivity index is 2.25. The van der Waals surface area contributed by atoms with E-state index < -0.39 is 12.0 Å². The number of benzene rings is 2. The molecule has 138 valence electrons. The molecular formula is C19H19Cl2NO4. The number of hydrogen-bond acceptors (Lipinski definition) is 5. The van der Waals surface area contributed by atoms with Crippen LogP contribution in [0.25, 0.3) is 0 Å². The topological polar surface area (TPSA) is 57.1 Å². The monoisotopic (exact) mass is 395 g/mol. The molecule has 0 fully saturated rings. The van der Waals surface area contributed by atoms with Crippen LogP contribution in [0.5, 0.6) is 11.5 Å². The van der Waals surface area contributed by atoms with E-state index in [0.29, 0.717) is 33.5 Å². The largest absolute Gasteiger partial charge is 0.493 e. The van der Waals surface area contributed by atoms with Gasteiger partial charge in [-0.05, 0) is 29.8 Å². The Morgan fingerprint density at radius 1 is 1.08 bits per heavy atom. The van der Waals surface area contributed by atoms with Crippen LogP contribution in [-0.4, -0.2) is 39.6 Å². The number of rotatable bonds is 7. The molecule has 0 aliphatic carbocycles. The first-order chi connectivity index (χ1) is 12.5. The molecular weight excluding hydrogens is 377 g/mol. The highest BCUT2D eigenvalue weighted by molar-refractivity contribution is 6.36. The van der Waals surface area contributed by atoms with Crippen LogP contribution in [0.2, 0.25) is 10.0 Å². The predicted molar refractivity (Wildman–Crippen MR) is 103 cm³/mol. The average molecular weight is 396 g/mol. The zero-order valence-electron chi connectivity index (χ0n) is 14.7. The van der Waals surface area contributed by atoms with Crippen molar-refractivity contribution in [1.82, 2.24) is 0 Å². The number of carbonyl (C=O) groups is 1. The average Bonchev–Trinajstić information content (AvgIpc) is 2.65. The minimum Gasteiger partial charge on any atom is -0.493 e. The van der Waals surface area contributed by atoms with E-state index >= 15 is 0 Å². The van der Waals surface area contributed by atoms with Gasteiger partial charge in [-0.3, -0.25) is 4.99 Å². The van der Waals surface area contributed by atoms with Gasteiger partial charge in [0.2, 0.25) is 0 Å². The van der Waals surface area contributed by atoms with Crippen LogP contribution in [0, 0.1) is 0 Å². The zero-order valence-corrected chi connectivity index (χ0v) is 16.2. The van der Waals surface area contributed by atoms with E-state index in [4.69, 9.17) is 37.4 Å². The van der Waals surface area contributed by atoms with E-state index in [1.54, 1.807) is 50.8 Å². The van der Waals surface area contributed by atoms with E-state index in [1.807, 2.05) is 6.07 Å². The quantitative estimate of drug-likeness (QED) is 0.520. The van der Waals surface area contributed by atoms with Crippen molar-refractivity contribution in [3.8, 4) is 11.5 Å². The molecule has 26 heavy (non-hydrogen) atoms. The number of esters is 1. The van der Waals surface area contributed by atoms with Crippen LogP contribution >= 0.6 is 23.2 Å². The molecule has 0 saturated carbocycles. The fraction of sp³-hybridized carbons (Fsp3) is 0.263. The van der Waals surface area contributed by atoms with Crippen molar-refractivity contribution in [3.05, 3.63) is 57.6 Å². The third kappa shape index (κ3) is 5.13. The Hall–Kier alpha value is -2.24. The maximum Gasteiger partial charge on any atom is 0.330 e. The van der Waals surface area contributed by atoms with E-state index in [0.717, 1.165) is 5.56 Å². The summed E-state index contributed by atoms with van der Waals surface area (Å²) in [6.45, 7) is 0. The van der Waals surface area contributed by atoms with E-state index in [1.165, 1.54) is 7.11 Å². The van der Waals surface area contributed by atoms with Gasteiger partial charge in [0.1, 0.15) is 0 Å². The molecule has 7 heteroatoms. The van der Waals surface area contributed by atoms with Gasteiger partial charge >= 0.3 is 5.97 Å². The molecule has 2 aromatic rings. The second-order valence-corrected chi connectivity index (χ2v) is 6.22. The normalized spacial score (nSPS) is 12.0. The molecule has 0 aromatic heterocycles. The highest BCUT2D eigenvalue weighted by Crippen LogP contribution is 2.28. The smallest absolute Gasteiger partial charge is 0.330 e. The first kappa shape index (κ1) is 20.1. The Morgan fingerprint density at radius 2 is 1.81 bits per heavy atom. The SMILES string of the molecule is COC(=O)C(Cc1ccc(OC)c(OC)c1)N=Cc1ccc(Cl)cc1Cl. The molecule has 5 nitrogen and oxygen atoms in total. The lowest BCUT2D eigenvalue weighted by molar-refractivity contribution is -0.142. The van der Waals surface area contributed by atoms with Gasteiger partial charge in [-0.1, -0.05) is 35.3 Å². The molecule has 2 aromatic carbocycles. The van der Waals surface area contributed by atoms with Crippen molar-refractivity contribution in [2.24, 2.45) is 4.99 Å². The number of halogens is 2. The molecule has 0 amide bonds. The zero-order chi connectivity index (χ0) is 19.1. The summed E-state index contributed by atoms with van der Waals surface area (Å²) < 4.78 is 15.4. The number of methoxy groups -OCH3 is 3. The summed E-state index contributed by atoms with van der Waals surface area (Å²) in [5.74, 6) is 0.752. The molecule has 0 heterocycles. The summed E-state index contributed by atoms with van der Waals surface area (Å²) in [6, 6.07) is 9.77. The third-order valence-electron chi connectivity index (χ3n) is 3.71. The Bertz CT molecular complexity index is 808. The van der Waals surface area contributed by atoms with Crippen molar-refractivity contribution in [3.63, 3.8) is 0 Å². The highest BCUT2D eigenvalue weighted by Gasteiger charge is 2.19. The van der Waals surface area contributed by atoms with E-state index in [-0.39, 0.29) is 0 Å². The molecule has 1 atom stereocenters. The van der Waals surface area contributed by atoms with Crippen LogP contribution in [0.4, 0.5) is 0 Å². The first-order valence-corrected chi connectivity index (χ1v) is 8.51. The molecule has 2 rings (SSSR count). The Labute approximate surface area is 162 Å². The molecule has 0 aliphatic rings. The summed E-state index contributed by atoms with van der Waals surface area (Å²) in [5, 5.41) is 0.984. The lowest BCUT2D eigenvalue weighted by Gasteiger charge is -2.13. The molecule has 1 unspecified atom stereocenters. The minimum absolute atomic E-state index is 0.342. The Kier molecular flexibility index (Phi) is 7.30. The second-order valence-electron chi connectivity index (χ2n) is 5.38. The van der Waals surface area contributed by atoms with Gasteiger partial charge in [0.05, 0.1) is 26.4 Å². The predicted octanol–water partition coefficient (Wildman–Crippen LogP) is 4.21. The molecule has 0 spiro atoms. The summed E-state index contributed by atoms with van der Waals surface area (Å²) in [5.41, 5.74) is 1.52. The highest BCUT2D eigenvalue weighted by atomic mass is 35.5. The van der Waals surface area contributed by atoms with E-state index in [2.05, 4.69) is 4.99 Å². The number of carbonyl (C=O) groups excluding carboxylic acids is 1. The van der Waals surface area contributed by atoms with Gasteiger partial charge in [-0.2, -0.15) is 0 Å². The number of hydrogen-bond donors (Lipinski definition) is 0.